The standard InChI is InChI=1S/C18H15NO4/c19-10-14(13-2-4-16-18(9-13)23-11-22-16)7-12-1-3-15-17(8-12)21-6-5-20-15/h1-4,8-9,14H,5-7,11H2. The van der Waals surface area contributed by atoms with Gasteiger partial charge >= 0.3 is 0 Å². The Bertz CT molecular complexity index is 781. The number of benzene rings is 2. The van der Waals surface area contributed by atoms with Crippen LogP contribution in [0.4, 0.5) is 0 Å². The summed E-state index contributed by atoms with van der Waals surface area (Å²) in [6, 6.07) is 13.8. The van der Waals surface area contributed by atoms with Gasteiger partial charge in [0.15, 0.2) is 23.0 Å². The van der Waals surface area contributed by atoms with Crippen molar-refractivity contribution in [1.29, 1.82) is 5.26 Å². The van der Waals surface area contributed by atoms with Crippen LogP contribution >= 0.6 is 0 Å². The van der Waals surface area contributed by atoms with Crippen LogP contribution in [-0.4, -0.2) is 20.0 Å². The molecular formula is C18H15NO4. The highest BCUT2D eigenvalue weighted by atomic mass is 16.7. The lowest BCUT2D eigenvalue weighted by Gasteiger charge is -2.19. The molecule has 23 heavy (non-hydrogen) atoms. The molecule has 4 rings (SSSR count). The van der Waals surface area contributed by atoms with Crippen LogP contribution in [0.15, 0.2) is 36.4 Å². The molecule has 0 amide bonds. The van der Waals surface area contributed by atoms with Crippen LogP contribution in [0, 0.1) is 11.3 Å². The van der Waals surface area contributed by atoms with Crippen molar-refractivity contribution in [2.24, 2.45) is 0 Å². The molecule has 1 unspecified atom stereocenters. The molecule has 0 radical (unpaired) electrons. The minimum absolute atomic E-state index is 0.234. The van der Waals surface area contributed by atoms with Gasteiger partial charge in [0, 0.05) is 0 Å². The molecule has 0 spiro atoms. The van der Waals surface area contributed by atoms with Crippen molar-refractivity contribution in [3.8, 4) is 29.1 Å². The lowest BCUT2D eigenvalue weighted by Crippen LogP contribution is -2.15. The molecule has 2 aromatic carbocycles. The van der Waals surface area contributed by atoms with Crippen molar-refractivity contribution >= 4 is 0 Å². The van der Waals surface area contributed by atoms with Crippen molar-refractivity contribution in [2.45, 2.75) is 12.3 Å². The van der Waals surface area contributed by atoms with E-state index in [2.05, 4.69) is 6.07 Å². The average molecular weight is 309 g/mol. The van der Waals surface area contributed by atoms with Crippen LogP contribution in [0.2, 0.25) is 0 Å². The molecule has 0 aliphatic carbocycles. The van der Waals surface area contributed by atoms with E-state index in [1.807, 2.05) is 36.4 Å². The molecule has 0 aromatic heterocycles. The molecule has 0 saturated heterocycles. The molecular weight excluding hydrogens is 294 g/mol. The van der Waals surface area contributed by atoms with E-state index in [9.17, 15) is 5.26 Å². The van der Waals surface area contributed by atoms with Gasteiger partial charge in [0.2, 0.25) is 6.79 Å². The van der Waals surface area contributed by atoms with Crippen molar-refractivity contribution in [3.63, 3.8) is 0 Å². The lowest BCUT2D eigenvalue weighted by atomic mass is 9.93. The van der Waals surface area contributed by atoms with Crippen LogP contribution in [0.3, 0.4) is 0 Å². The first-order chi connectivity index (χ1) is 11.3. The zero-order chi connectivity index (χ0) is 15.6. The highest BCUT2D eigenvalue weighted by molar-refractivity contribution is 5.48. The number of rotatable bonds is 3. The summed E-state index contributed by atoms with van der Waals surface area (Å²) in [4.78, 5) is 0. The largest absolute Gasteiger partial charge is 0.486 e. The second-order valence-electron chi connectivity index (χ2n) is 5.48. The molecule has 1 atom stereocenters. The molecule has 0 saturated carbocycles. The second kappa shape index (κ2) is 5.73. The number of hydrogen-bond acceptors (Lipinski definition) is 5. The predicted octanol–water partition coefficient (Wildman–Crippen LogP) is 3.04. The van der Waals surface area contributed by atoms with Crippen molar-refractivity contribution < 1.29 is 18.9 Å². The molecule has 116 valence electrons. The van der Waals surface area contributed by atoms with Crippen LogP contribution in [0.1, 0.15) is 17.0 Å². The molecule has 2 aliphatic heterocycles. The maximum absolute atomic E-state index is 9.55. The summed E-state index contributed by atoms with van der Waals surface area (Å²) in [7, 11) is 0. The van der Waals surface area contributed by atoms with Gasteiger partial charge in [-0.05, 0) is 41.8 Å². The van der Waals surface area contributed by atoms with Crippen LogP contribution < -0.4 is 18.9 Å². The number of ether oxygens (including phenoxy) is 4. The zero-order valence-corrected chi connectivity index (χ0v) is 12.5. The molecule has 2 heterocycles. The fourth-order valence-electron chi connectivity index (χ4n) is 2.82. The van der Waals surface area contributed by atoms with Crippen molar-refractivity contribution in [3.05, 3.63) is 47.5 Å². The first-order valence-electron chi connectivity index (χ1n) is 7.51. The number of nitrogens with zero attached hydrogens (tertiary/aromatic N) is 1. The molecule has 5 nitrogen and oxygen atoms in total. The zero-order valence-electron chi connectivity index (χ0n) is 12.5. The van der Waals surface area contributed by atoms with E-state index in [0.29, 0.717) is 25.4 Å². The van der Waals surface area contributed by atoms with Crippen LogP contribution in [0.25, 0.3) is 0 Å². The molecule has 0 N–H and O–H groups in total. The van der Waals surface area contributed by atoms with Gasteiger partial charge < -0.3 is 18.9 Å². The van der Waals surface area contributed by atoms with E-state index >= 15 is 0 Å². The van der Waals surface area contributed by atoms with Crippen molar-refractivity contribution in [1.82, 2.24) is 0 Å². The van der Waals surface area contributed by atoms with Crippen LogP contribution in [-0.2, 0) is 6.42 Å². The SMILES string of the molecule is N#CC(Cc1ccc2c(c1)OCCO2)c1ccc2c(c1)OCO2. The maximum Gasteiger partial charge on any atom is 0.231 e. The van der Waals surface area contributed by atoms with E-state index in [1.165, 1.54) is 0 Å². The van der Waals surface area contributed by atoms with Gasteiger partial charge in [0.1, 0.15) is 13.2 Å². The number of hydrogen-bond donors (Lipinski definition) is 0. The summed E-state index contributed by atoms with van der Waals surface area (Å²) in [5.74, 6) is 2.68. The Balaban J connectivity index is 1.58. The van der Waals surface area contributed by atoms with E-state index < -0.39 is 0 Å². The predicted molar refractivity (Wildman–Crippen MR) is 82.1 cm³/mol. The third kappa shape index (κ3) is 2.64. The highest BCUT2D eigenvalue weighted by Gasteiger charge is 2.19. The van der Waals surface area contributed by atoms with E-state index in [4.69, 9.17) is 18.9 Å². The fraction of sp³-hybridized carbons (Fsp3) is 0.278. The Morgan fingerprint density at radius 1 is 0.870 bits per heavy atom. The van der Waals surface area contributed by atoms with Crippen molar-refractivity contribution in [2.75, 3.05) is 20.0 Å². The summed E-state index contributed by atoms with van der Waals surface area (Å²) in [6.45, 7) is 1.36. The molecule has 0 bridgehead atoms. The Morgan fingerprint density at radius 3 is 2.43 bits per heavy atom. The average Bonchev–Trinajstić information content (AvgIpc) is 3.07. The maximum atomic E-state index is 9.55. The Hall–Kier alpha value is -2.87. The molecule has 2 aromatic rings. The van der Waals surface area contributed by atoms with Gasteiger partial charge in [-0.15, -0.1) is 0 Å². The quantitative estimate of drug-likeness (QED) is 0.872. The molecule has 5 heteroatoms. The molecule has 2 aliphatic rings. The van der Waals surface area contributed by atoms with E-state index in [0.717, 1.165) is 28.4 Å². The summed E-state index contributed by atoms with van der Waals surface area (Å²) < 4.78 is 21.8. The second-order valence-corrected chi connectivity index (χ2v) is 5.48. The topological polar surface area (TPSA) is 60.7 Å². The monoisotopic (exact) mass is 309 g/mol. The summed E-state index contributed by atoms with van der Waals surface area (Å²) in [5, 5.41) is 9.55. The number of nitriles is 1. The minimum Gasteiger partial charge on any atom is -0.486 e. The van der Waals surface area contributed by atoms with Gasteiger partial charge in [-0.1, -0.05) is 12.1 Å². The van der Waals surface area contributed by atoms with Gasteiger partial charge in [-0.3, -0.25) is 0 Å². The smallest absolute Gasteiger partial charge is 0.231 e. The van der Waals surface area contributed by atoms with Gasteiger partial charge in [-0.2, -0.15) is 5.26 Å². The Morgan fingerprint density at radius 2 is 1.57 bits per heavy atom. The normalized spacial score (nSPS) is 15.8. The highest BCUT2D eigenvalue weighted by Crippen LogP contribution is 2.36. The van der Waals surface area contributed by atoms with Crippen LogP contribution in [0.5, 0.6) is 23.0 Å². The first-order valence-corrected chi connectivity index (χ1v) is 7.51. The summed E-state index contributed by atoms with van der Waals surface area (Å²) >= 11 is 0. The Labute approximate surface area is 134 Å². The lowest BCUT2D eigenvalue weighted by molar-refractivity contribution is 0.171. The summed E-state index contributed by atoms with van der Waals surface area (Å²) in [6.07, 6.45) is 0.604. The summed E-state index contributed by atoms with van der Waals surface area (Å²) in [5.41, 5.74) is 1.96. The minimum atomic E-state index is -0.257. The number of fused-ring (bicyclic) bond motifs is 2. The van der Waals surface area contributed by atoms with Gasteiger partial charge in [0.25, 0.3) is 0 Å². The van der Waals surface area contributed by atoms with E-state index in [1.54, 1.807) is 0 Å². The third-order valence-electron chi connectivity index (χ3n) is 4.00. The van der Waals surface area contributed by atoms with Gasteiger partial charge in [0.05, 0.1) is 12.0 Å². The first kappa shape index (κ1) is 13.8. The molecule has 0 fully saturated rings. The third-order valence-corrected chi connectivity index (χ3v) is 4.00. The van der Waals surface area contributed by atoms with Gasteiger partial charge in [-0.25, -0.2) is 0 Å². The Kier molecular flexibility index (Phi) is 3.43. The van der Waals surface area contributed by atoms with E-state index in [-0.39, 0.29) is 12.7 Å². The fourth-order valence-corrected chi connectivity index (χ4v) is 2.82.